The zero-order chi connectivity index (χ0) is 4.95. The third-order valence-electron chi connectivity index (χ3n) is 0.718. The zero-order valence-corrected chi connectivity index (χ0v) is 3.96. The summed E-state index contributed by atoms with van der Waals surface area (Å²) < 4.78 is 0. The summed E-state index contributed by atoms with van der Waals surface area (Å²) in [5, 5.41) is 0. The van der Waals surface area contributed by atoms with Gasteiger partial charge < -0.3 is 0 Å². The summed E-state index contributed by atoms with van der Waals surface area (Å²) in [6.07, 6.45) is 14.5. The Kier molecular flexibility index (Phi) is 1.43. The van der Waals surface area contributed by atoms with Gasteiger partial charge in [-0.15, -0.1) is 0 Å². The molecule has 0 aromatic heterocycles. The van der Waals surface area contributed by atoms with Gasteiger partial charge in [0.1, 0.15) is 0 Å². The Morgan fingerprint density at radius 2 is 1.71 bits per heavy atom. The van der Waals surface area contributed by atoms with E-state index in [1.165, 1.54) is 0 Å². The molecule has 1 aliphatic rings. The maximum atomic E-state index is 2.92. The van der Waals surface area contributed by atoms with E-state index in [0.717, 1.165) is 0 Å². The molecule has 0 saturated carbocycles. The first kappa shape index (κ1) is 4.29. The van der Waals surface area contributed by atoms with Gasteiger partial charge in [-0.3, -0.25) is 0 Å². The van der Waals surface area contributed by atoms with Crippen molar-refractivity contribution in [1.29, 1.82) is 0 Å². The van der Waals surface area contributed by atoms with Crippen LogP contribution in [0.4, 0.5) is 0 Å². The second-order valence-electron chi connectivity index (χ2n) is 1.27. The Morgan fingerprint density at radius 1 is 0.857 bits per heavy atom. The Morgan fingerprint density at radius 3 is 2.71 bits per heavy atom. The van der Waals surface area contributed by atoms with E-state index in [4.69, 9.17) is 0 Å². The summed E-state index contributed by atoms with van der Waals surface area (Å²) in [6.45, 7) is 0. The molecular formula is C7H6+. The van der Waals surface area contributed by atoms with Crippen LogP contribution in [-0.2, 0) is 0 Å². The molecular weight excluding hydrogens is 84.1 g/mol. The maximum Gasteiger partial charge on any atom is 0.155 e. The number of allylic oxidation sites excluding steroid dienone is 6. The molecule has 0 atom stereocenters. The third-order valence-corrected chi connectivity index (χ3v) is 0.718. The van der Waals surface area contributed by atoms with Crippen LogP contribution in [0.3, 0.4) is 0 Å². The van der Waals surface area contributed by atoms with E-state index in [1.807, 2.05) is 36.8 Å². The Balaban J connectivity index is 2.60. The van der Waals surface area contributed by atoms with Crippen molar-refractivity contribution >= 4 is 0 Å². The van der Waals surface area contributed by atoms with Crippen LogP contribution in [0, 0.1) is 12.5 Å². The summed E-state index contributed by atoms with van der Waals surface area (Å²) in [5.74, 6) is 0. The summed E-state index contributed by atoms with van der Waals surface area (Å²) in [4.78, 5) is 0. The van der Waals surface area contributed by atoms with E-state index >= 15 is 0 Å². The topological polar surface area (TPSA) is 0 Å². The molecule has 0 N–H and O–H groups in total. The van der Waals surface area contributed by atoms with Crippen molar-refractivity contribution in [3.8, 4) is 0 Å². The van der Waals surface area contributed by atoms with Crippen LogP contribution in [0.1, 0.15) is 0 Å². The minimum atomic E-state index is 1.88. The van der Waals surface area contributed by atoms with Crippen molar-refractivity contribution in [2.24, 2.45) is 0 Å². The van der Waals surface area contributed by atoms with Gasteiger partial charge in [0.15, 0.2) is 12.5 Å². The van der Waals surface area contributed by atoms with E-state index in [9.17, 15) is 0 Å². The fourth-order valence-corrected chi connectivity index (χ4v) is 0.406. The molecule has 0 bridgehead atoms. The van der Waals surface area contributed by atoms with Gasteiger partial charge in [0.25, 0.3) is 0 Å². The van der Waals surface area contributed by atoms with Crippen molar-refractivity contribution in [2.75, 3.05) is 0 Å². The van der Waals surface area contributed by atoms with Crippen LogP contribution in [-0.4, -0.2) is 0 Å². The molecule has 0 spiro atoms. The van der Waals surface area contributed by atoms with Gasteiger partial charge in [-0.2, -0.15) is 0 Å². The molecule has 7 heavy (non-hydrogen) atoms. The Hall–Kier alpha value is -0.870. The summed E-state index contributed by atoms with van der Waals surface area (Å²) in [7, 11) is 0. The van der Waals surface area contributed by atoms with Crippen molar-refractivity contribution in [3.05, 3.63) is 42.9 Å². The van der Waals surface area contributed by atoms with Gasteiger partial charge in [-0.1, -0.05) is 0 Å². The fraction of sp³-hybridized carbons (Fsp3) is 0. The van der Waals surface area contributed by atoms with E-state index < -0.39 is 0 Å². The number of rotatable bonds is 0. The SMILES string of the molecule is [C+]1=CC=CC=C[CH]1. The highest BCUT2D eigenvalue weighted by molar-refractivity contribution is 5.19. The van der Waals surface area contributed by atoms with E-state index in [2.05, 4.69) is 6.08 Å². The summed E-state index contributed by atoms with van der Waals surface area (Å²) >= 11 is 0. The maximum absolute atomic E-state index is 2.92. The lowest BCUT2D eigenvalue weighted by Crippen LogP contribution is -1.52. The number of hydrogen-bond acceptors (Lipinski definition) is 0. The zero-order valence-electron chi connectivity index (χ0n) is 3.96. The predicted octanol–water partition coefficient (Wildman–Crippen LogP) is 1.68. The normalized spacial score (nSPS) is 16.0. The van der Waals surface area contributed by atoms with Gasteiger partial charge in [-0.05, 0) is 12.2 Å². The number of hydrogen-bond donors (Lipinski definition) is 0. The lowest BCUT2D eigenvalue weighted by molar-refractivity contribution is 1.71. The van der Waals surface area contributed by atoms with Crippen LogP contribution in [0.2, 0.25) is 0 Å². The van der Waals surface area contributed by atoms with E-state index in [0.29, 0.717) is 0 Å². The third kappa shape index (κ3) is 1.34. The summed E-state index contributed by atoms with van der Waals surface area (Å²) in [5.41, 5.74) is 0. The van der Waals surface area contributed by atoms with Gasteiger partial charge in [-0.25, -0.2) is 0 Å². The van der Waals surface area contributed by atoms with Gasteiger partial charge >= 0.3 is 0 Å². The first-order valence-electron chi connectivity index (χ1n) is 2.24. The highest BCUT2D eigenvalue weighted by Crippen LogP contribution is 1.89. The molecule has 0 aliphatic heterocycles. The van der Waals surface area contributed by atoms with Gasteiger partial charge in [0.05, 0.1) is 12.2 Å². The van der Waals surface area contributed by atoms with Crippen LogP contribution in [0.5, 0.6) is 0 Å². The van der Waals surface area contributed by atoms with Crippen molar-refractivity contribution in [2.45, 2.75) is 0 Å². The molecule has 0 amide bonds. The average molecular weight is 90.1 g/mol. The molecule has 1 rings (SSSR count). The molecule has 0 fully saturated rings. The fourth-order valence-electron chi connectivity index (χ4n) is 0.406. The van der Waals surface area contributed by atoms with Crippen molar-refractivity contribution in [3.63, 3.8) is 0 Å². The molecule has 33 valence electrons. The smallest absolute Gasteiger partial charge is 0.0440 e. The largest absolute Gasteiger partial charge is 0.155 e. The van der Waals surface area contributed by atoms with Crippen LogP contribution in [0.25, 0.3) is 0 Å². The van der Waals surface area contributed by atoms with Gasteiger partial charge in [0, 0.05) is 6.08 Å². The average Bonchev–Trinajstić information content (AvgIpc) is 1.90. The first-order valence-corrected chi connectivity index (χ1v) is 2.24. The van der Waals surface area contributed by atoms with Crippen molar-refractivity contribution < 1.29 is 0 Å². The van der Waals surface area contributed by atoms with Crippen LogP contribution >= 0.6 is 0 Å². The molecule has 0 nitrogen and oxygen atoms in total. The molecule has 0 heteroatoms. The Labute approximate surface area is 43.9 Å². The minimum Gasteiger partial charge on any atom is -0.0440 e. The Bertz CT molecular complexity index is 102. The van der Waals surface area contributed by atoms with E-state index in [-0.39, 0.29) is 0 Å². The highest BCUT2D eigenvalue weighted by Gasteiger charge is 1.83. The molecule has 0 aromatic carbocycles. The molecule has 1 radical (unpaired) electrons. The molecule has 0 aromatic rings. The summed E-state index contributed by atoms with van der Waals surface area (Å²) in [6, 6.07) is 0. The van der Waals surface area contributed by atoms with Crippen molar-refractivity contribution in [1.82, 2.24) is 0 Å². The molecule has 0 unspecified atom stereocenters. The highest BCUT2D eigenvalue weighted by atomic mass is 13.8. The molecule has 0 saturated heterocycles. The lowest BCUT2D eigenvalue weighted by Gasteiger charge is -1.58. The van der Waals surface area contributed by atoms with Gasteiger partial charge in [0.2, 0.25) is 0 Å². The standard InChI is InChI=1S/C7H6/c1-2-4-6-7-5-3-1/h1-6H/q+1. The van der Waals surface area contributed by atoms with Crippen LogP contribution in [0.15, 0.2) is 30.4 Å². The predicted molar refractivity (Wildman–Crippen MR) is 30.4 cm³/mol. The second-order valence-corrected chi connectivity index (χ2v) is 1.27. The quantitative estimate of drug-likeness (QED) is 0.397. The second kappa shape index (κ2) is 2.33. The molecule has 0 heterocycles. The molecule has 1 aliphatic carbocycles. The van der Waals surface area contributed by atoms with Crippen LogP contribution < -0.4 is 0 Å². The van der Waals surface area contributed by atoms with E-state index in [1.54, 1.807) is 0 Å². The monoisotopic (exact) mass is 90.0 g/mol. The first-order chi connectivity index (χ1) is 3.50. The lowest BCUT2D eigenvalue weighted by atomic mass is 10.4. The minimum absolute atomic E-state index is 1.88.